The molecule has 2 nitrogen and oxygen atoms in total. The van der Waals surface area contributed by atoms with Gasteiger partial charge >= 0.3 is 0 Å². The Morgan fingerprint density at radius 3 is 2.80 bits per heavy atom. The fourth-order valence-electron chi connectivity index (χ4n) is 4.02. The van der Waals surface area contributed by atoms with Crippen molar-refractivity contribution < 1.29 is 4.74 Å². The molecule has 20 heavy (non-hydrogen) atoms. The fraction of sp³-hybridized carbons (Fsp3) is 0.625. The Hall–Kier alpha value is -0.280. The molecule has 0 spiro atoms. The third-order valence-electron chi connectivity index (χ3n) is 5.02. The van der Waals surface area contributed by atoms with Crippen LogP contribution in [0, 0.1) is 11.8 Å². The number of piperidine rings is 1. The minimum Gasteiger partial charge on any atom is -0.382 e. The highest BCUT2D eigenvalue weighted by Crippen LogP contribution is 2.64. The molecular weight excluding hydrogens is 293 g/mol. The van der Waals surface area contributed by atoms with Gasteiger partial charge in [0.25, 0.3) is 0 Å². The summed E-state index contributed by atoms with van der Waals surface area (Å²) in [5, 5.41) is 4.82. The number of hydrogen-bond acceptors (Lipinski definition) is 2. The van der Waals surface area contributed by atoms with Gasteiger partial charge in [0.1, 0.15) is 0 Å². The molecule has 1 saturated heterocycles. The van der Waals surface area contributed by atoms with E-state index in [9.17, 15) is 0 Å². The Morgan fingerprint density at radius 2 is 2.15 bits per heavy atom. The van der Waals surface area contributed by atoms with E-state index in [0.717, 1.165) is 38.6 Å². The molecule has 0 bridgehead atoms. The summed E-state index contributed by atoms with van der Waals surface area (Å²) < 4.78 is 5.61. The molecule has 4 heteroatoms. The van der Waals surface area contributed by atoms with Crippen molar-refractivity contribution in [3.63, 3.8) is 0 Å². The molecule has 1 heterocycles. The van der Waals surface area contributed by atoms with Gasteiger partial charge in [-0.3, -0.25) is 0 Å². The number of fused-ring (bicyclic) bond motifs is 1. The van der Waals surface area contributed by atoms with Gasteiger partial charge < -0.3 is 10.1 Å². The van der Waals surface area contributed by atoms with Crippen molar-refractivity contribution in [2.75, 3.05) is 26.3 Å². The maximum Gasteiger partial charge on any atom is 0.0595 e. The molecule has 1 aromatic carbocycles. The maximum absolute atomic E-state index is 6.23. The molecule has 110 valence electrons. The van der Waals surface area contributed by atoms with E-state index in [1.165, 1.54) is 12.0 Å². The minimum absolute atomic E-state index is 0.243. The number of hydrogen-bond donors (Lipinski definition) is 1. The van der Waals surface area contributed by atoms with Crippen LogP contribution >= 0.6 is 23.2 Å². The molecule has 3 rings (SSSR count). The van der Waals surface area contributed by atoms with Gasteiger partial charge in [-0.05, 0) is 62.4 Å². The second-order valence-electron chi connectivity index (χ2n) is 5.82. The van der Waals surface area contributed by atoms with Crippen molar-refractivity contribution in [3.8, 4) is 0 Å². The number of halogens is 2. The maximum atomic E-state index is 6.23. The summed E-state index contributed by atoms with van der Waals surface area (Å²) in [6.07, 6.45) is 2.33. The van der Waals surface area contributed by atoms with Gasteiger partial charge in [0.2, 0.25) is 0 Å². The van der Waals surface area contributed by atoms with Crippen LogP contribution in [0.5, 0.6) is 0 Å². The first-order chi connectivity index (χ1) is 9.70. The van der Waals surface area contributed by atoms with Crippen LogP contribution in [0.2, 0.25) is 10.0 Å². The zero-order valence-corrected chi connectivity index (χ0v) is 13.3. The highest BCUT2D eigenvalue weighted by molar-refractivity contribution is 6.42. The normalized spacial score (nSPS) is 31.9. The number of rotatable bonds is 5. The highest BCUT2D eigenvalue weighted by atomic mass is 35.5. The van der Waals surface area contributed by atoms with Crippen LogP contribution in [-0.4, -0.2) is 26.3 Å². The lowest BCUT2D eigenvalue weighted by molar-refractivity contribution is 0.134. The molecule has 1 saturated carbocycles. The van der Waals surface area contributed by atoms with Crippen LogP contribution in [0.15, 0.2) is 18.2 Å². The van der Waals surface area contributed by atoms with E-state index < -0.39 is 0 Å². The van der Waals surface area contributed by atoms with Crippen molar-refractivity contribution in [1.29, 1.82) is 0 Å². The summed E-state index contributed by atoms with van der Waals surface area (Å²) in [5.74, 6) is 1.48. The molecule has 2 fully saturated rings. The predicted molar refractivity (Wildman–Crippen MR) is 83.7 cm³/mol. The summed E-state index contributed by atoms with van der Waals surface area (Å²) in [6.45, 7) is 5.89. The number of ether oxygens (including phenoxy) is 1. The molecule has 1 aromatic rings. The molecular formula is C16H21Cl2NO. The zero-order chi connectivity index (χ0) is 14.2. The quantitative estimate of drug-likeness (QED) is 0.832. The van der Waals surface area contributed by atoms with E-state index in [2.05, 4.69) is 17.4 Å². The van der Waals surface area contributed by atoms with E-state index >= 15 is 0 Å². The first-order valence-electron chi connectivity index (χ1n) is 7.44. The largest absolute Gasteiger partial charge is 0.382 e. The average molecular weight is 314 g/mol. The highest BCUT2D eigenvalue weighted by Gasteiger charge is 2.64. The van der Waals surface area contributed by atoms with Crippen molar-refractivity contribution in [2.24, 2.45) is 11.8 Å². The molecule has 0 amide bonds. The molecule has 1 aliphatic carbocycles. The van der Waals surface area contributed by atoms with Crippen LogP contribution in [0.25, 0.3) is 0 Å². The lowest BCUT2D eigenvalue weighted by Gasteiger charge is -2.19. The summed E-state index contributed by atoms with van der Waals surface area (Å²) >= 11 is 12.3. The number of benzene rings is 1. The first-order valence-corrected chi connectivity index (χ1v) is 8.19. The van der Waals surface area contributed by atoms with E-state index in [0.29, 0.717) is 16.0 Å². The van der Waals surface area contributed by atoms with Gasteiger partial charge in [-0.1, -0.05) is 29.3 Å². The Morgan fingerprint density at radius 1 is 1.30 bits per heavy atom. The minimum atomic E-state index is 0.243. The second kappa shape index (κ2) is 5.84. The van der Waals surface area contributed by atoms with Crippen LogP contribution in [0.1, 0.15) is 25.3 Å². The van der Waals surface area contributed by atoms with Crippen LogP contribution < -0.4 is 5.32 Å². The molecule has 2 aliphatic rings. The lowest BCUT2D eigenvalue weighted by atomic mass is 9.88. The topological polar surface area (TPSA) is 21.3 Å². The van der Waals surface area contributed by atoms with Crippen molar-refractivity contribution in [2.45, 2.75) is 25.2 Å². The summed E-state index contributed by atoms with van der Waals surface area (Å²) in [7, 11) is 0. The molecule has 1 aliphatic heterocycles. The van der Waals surface area contributed by atoms with Crippen molar-refractivity contribution >= 4 is 23.2 Å². The Bertz CT molecular complexity index is 479. The standard InChI is InChI=1S/C16H21Cl2NO/c1-2-20-8-6-16(12-5-7-19-10-13(12)16)11-3-4-14(17)15(18)9-11/h3-4,9,12-13,19H,2,5-8,10H2,1H3/t12-,13+,16+/m0/s1. The lowest BCUT2D eigenvalue weighted by Crippen LogP contribution is -2.24. The van der Waals surface area contributed by atoms with Gasteiger partial charge in [0, 0.05) is 18.6 Å². The Kier molecular flexibility index (Phi) is 4.28. The van der Waals surface area contributed by atoms with Crippen molar-refractivity contribution in [3.05, 3.63) is 33.8 Å². The van der Waals surface area contributed by atoms with E-state index in [-0.39, 0.29) is 5.41 Å². The van der Waals surface area contributed by atoms with E-state index in [4.69, 9.17) is 27.9 Å². The van der Waals surface area contributed by atoms with Crippen LogP contribution in [-0.2, 0) is 10.2 Å². The fourth-order valence-corrected chi connectivity index (χ4v) is 4.32. The van der Waals surface area contributed by atoms with Gasteiger partial charge in [0.05, 0.1) is 10.0 Å². The zero-order valence-electron chi connectivity index (χ0n) is 11.8. The van der Waals surface area contributed by atoms with E-state index in [1.54, 1.807) is 0 Å². The van der Waals surface area contributed by atoms with Crippen LogP contribution in [0.3, 0.4) is 0 Å². The van der Waals surface area contributed by atoms with E-state index in [1.807, 2.05) is 13.0 Å². The third-order valence-corrected chi connectivity index (χ3v) is 5.76. The predicted octanol–water partition coefficient (Wildman–Crippen LogP) is 3.90. The summed E-state index contributed by atoms with van der Waals surface area (Å²) in [5.41, 5.74) is 1.58. The second-order valence-corrected chi connectivity index (χ2v) is 6.64. The first kappa shape index (κ1) is 14.6. The molecule has 1 N–H and O–H groups in total. The SMILES string of the molecule is CCOCC[C@]1(c2ccc(Cl)c(Cl)c2)[C@@H]2CNCC[C@@H]21. The van der Waals surface area contributed by atoms with Gasteiger partial charge in [-0.25, -0.2) is 0 Å². The van der Waals surface area contributed by atoms with Gasteiger partial charge in [-0.15, -0.1) is 0 Å². The van der Waals surface area contributed by atoms with Gasteiger partial charge in [-0.2, -0.15) is 0 Å². The monoisotopic (exact) mass is 313 g/mol. The number of nitrogens with one attached hydrogen (secondary N) is 1. The third kappa shape index (κ3) is 2.37. The van der Waals surface area contributed by atoms with Crippen molar-refractivity contribution in [1.82, 2.24) is 5.32 Å². The average Bonchev–Trinajstić information content (AvgIpc) is 3.12. The summed E-state index contributed by atoms with van der Waals surface area (Å²) in [4.78, 5) is 0. The van der Waals surface area contributed by atoms with Gasteiger partial charge in [0.15, 0.2) is 0 Å². The molecule has 3 atom stereocenters. The molecule has 0 aromatic heterocycles. The smallest absolute Gasteiger partial charge is 0.0595 e. The van der Waals surface area contributed by atoms with Crippen LogP contribution in [0.4, 0.5) is 0 Å². The molecule has 0 unspecified atom stereocenters. The Balaban J connectivity index is 1.87. The summed E-state index contributed by atoms with van der Waals surface area (Å²) in [6, 6.07) is 6.14. The Labute approximate surface area is 130 Å². The molecule has 0 radical (unpaired) electrons.